The first-order valence-electron chi connectivity index (χ1n) is 6.97. The van der Waals surface area contributed by atoms with Crippen LogP contribution in [0.1, 0.15) is 11.1 Å². The predicted molar refractivity (Wildman–Crippen MR) is 88.1 cm³/mol. The molecule has 5 heteroatoms. The molecule has 1 unspecified atom stereocenters. The molecule has 0 aliphatic rings. The van der Waals surface area contributed by atoms with Crippen LogP contribution >= 0.6 is 0 Å². The Bertz CT molecular complexity index is 588. The zero-order chi connectivity index (χ0) is 15.6. The zero-order valence-electron chi connectivity index (χ0n) is 12.1. The highest BCUT2D eigenvalue weighted by atomic mass is 16.6. The Kier molecular flexibility index (Phi) is 5.99. The molecule has 0 aliphatic heterocycles. The summed E-state index contributed by atoms with van der Waals surface area (Å²) in [4.78, 5) is 18.9. The molecular formula is C17H17N3O2. The number of hydrogen-bond donors (Lipinski definition) is 0. The molecule has 0 heterocycles. The van der Waals surface area contributed by atoms with Crippen LogP contribution in [0.4, 0.5) is 0 Å². The molecular weight excluding hydrogens is 278 g/mol. The van der Waals surface area contributed by atoms with Crippen molar-refractivity contribution in [2.24, 2.45) is 9.98 Å². The minimum atomic E-state index is -0.993. The third-order valence-electron chi connectivity index (χ3n) is 2.99. The second kappa shape index (κ2) is 8.46. The average Bonchev–Trinajstić information content (AvgIpc) is 2.55. The minimum Gasteiger partial charge on any atom is -0.285 e. The summed E-state index contributed by atoms with van der Waals surface area (Å²) in [6.07, 6.45) is 2.67. The molecule has 112 valence electrons. The van der Waals surface area contributed by atoms with Crippen molar-refractivity contribution in [2.45, 2.75) is 19.1 Å². The second-order valence-electron chi connectivity index (χ2n) is 4.73. The summed E-state index contributed by atoms with van der Waals surface area (Å²) in [5.41, 5.74) is 2.03. The van der Waals surface area contributed by atoms with Gasteiger partial charge in [-0.2, -0.15) is 0 Å². The van der Waals surface area contributed by atoms with Crippen molar-refractivity contribution in [1.82, 2.24) is 0 Å². The van der Waals surface area contributed by atoms with E-state index in [0.717, 1.165) is 11.1 Å². The molecule has 5 nitrogen and oxygen atoms in total. The maximum Gasteiger partial charge on any atom is 0.282 e. The molecule has 2 aromatic rings. The molecule has 0 saturated carbocycles. The first-order valence-corrected chi connectivity index (χ1v) is 6.97. The summed E-state index contributed by atoms with van der Waals surface area (Å²) < 4.78 is 0. The van der Waals surface area contributed by atoms with E-state index in [1.165, 1.54) is 12.4 Å². The van der Waals surface area contributed by atoms with Gasteiger partial charge in [0.15, 0.2) is 0 Å². The molecule has 1 atom stereocenters. The van der Waals surface area contributed by atoms with Crippen molar-refractivity contribution < 1.29 is 4.92 Å². The Labute approximate surface area is 129 Å². The van der Waals surface area contributed by atoms with Crippen molar-refractivity contribution in [3.8, 4) is 0 Å². The van der Waals surface area contributed by atoms with E-state index in [0.29, 0.717) is 13.1 Å². The van der Waals surface area contributed by atoms with Crippen molar-refractivity contribution >= 4 is 12.4 Å². The van der Waals surface area contributed by atoms with Crippen LogP contribution in [0.5, 0.6) is 0 Å². The number of nitrogens with zero attached hydrogens (tertiary/aromatic N) is 3. The lowest BCUT2D eigenvalue weighted by Gasteiger charge is -1.99. The van der Waals surface area contributed by atoms with Crippen molar-refractivity contribution in [1.29, 1.82) is 0 Å². The highest BCUT2D eigenvalue weighted by Gasteiger charge is 2.13. The fourth-order valence-corrected chi connectivity index (χ4v) is 1.85. The molecule has 2 aromatic carbocycles. The molecule has 0 bridgehead atoms. The maximum absolute atomic E-state index is 11.0. The molecule has 0 spiro atoms. The topological polar surface area (TPSA) is 67.9 Å². The van der Waals surface area contributed by atoms with Gasteiger partial charge in [-0.25, -0.2) is 0 Å². The van der Waals surface area contributed by atoms with Crippen molar-refractivity contribution in [2.75, 3.05) is 0 Å². The van der Waals surface area contributed by atoms with E-state index in [9.17, 15) is 10.1 Å². The normalized spacial score (nSPS) is 12.7. The molecule has 0 fully saturated rings. The van der Waals surface area contributed by atoms with Gasteiger partial charge in [0, 0.05) is 4.92 Å². The number of rotatable bonds is 7. The molecule has 0 aromatic heterocycles. The third kappa shape index (κ3) is 5.28. The van der Waals surface area contributed by atoms with Gasteiger partial charge in [-0.3, -0.25) is 20.1 Å². The van der Waals surface area contributed by atoms with Gasteiger partial charge in [0.25, 0.3) is 6.04 Å². The summed E-state index contributed by atoms with van der Waals surface area (Å²) >= 11 is 0. The largest absolute Gasteiger partial charge is 0.285 e. The van der Waals surface area contributed by atoms with E-state index in [-0.39, 0.29) is 0 Å². The van der Waals surface area contributed by atoms with E-state index < -0.39 is 11.0 Å². The summed E-state index contributed by atoms with van der Waals surface area (Å²) in [5.74, 6) is 0. The van der Waals surface area contributed by atoms with Crippen LogP contribution in [0, 0.1) is 10.1 Å². The SMILES string of the molecule is O=[N+]([O-])C(C=NCc1ccccc1)/C=N/Cc1ccccc1. The van der Waals surface area contributed by atoms with Gasteiger partial charge >= 0.3 is 0 Å². The lowest BCUT2D eigenvalue weighted by atomic mass is 10.2. The Morgan fingerprint density at radius 2 is 1.27 bits per heavy atom. The van der Waals surface area contributed by atoms with Gasteiger partial charge in [-0.15, -0.1) is 0 Å². The summed E-state index contributed by atoms with van der Waals surface area (Å²) in [6.45, 7) is 0.857. The van der Waals surface area contributed by atoms with E-state index in [4.69, 9.17) is 0 Å². The molecule has 0 radical (unpaired) electrons. The molecule has 22 heavy (non-hydrogen) atoms. The molecule has 0 N–H and O–H groups in total. The van der Waals surface area contributed by atoms with E-state index in [2.05, 4.69) is 9.98 Å². The van der Waals surface area contributed by atoms with Crippen LogP contribution in [0.2, 0.25) is 0 Å². The van der Waals surface area contributed by atoms with Crippen molar-refractivity contribution in [3.63, 3.8) is 0 Å². The van der Waals surface area contributed by atoms with Gasteiger partial charge in [0.05, 0.1) is 25.5 Å². The molecule has 0 amide bonds. The van der Waals surface area contributed by atoms with Gasteiger partial charge in [-0.1, -0.05) is 60.7 Å². The summed E-state index contributed by atoms with van der Waals surface area (Å²) in [7, 11) is 0. The van der Waals surface area contributed by atoms with Gasteiger partial charge in [-0.05, 0) is 11.1 Å². The Morgan fingerprint density at radius 3 is 1.64 bits per heavy atom. The highest BCUT2D eigenvalue weighted by Crippen LogP contribution is 2.01. The second-order valence-corrected chi connectivity index (χ2v) is 4.73. The van der Waals surface area contributed by atoms with Crippen LogP contribution in [0.15, 0.2) is 70.6 Å². The Balaban J connectivity index is 1.91. The highest BCUT2D eigenvalue weighted by molar-refractivity contribution is 5.86. The molecule has 0 aliphatic carbocycles. The Morgan fingerprint density at radius 1 is 0.864 bits per heavy atom. The third-order valence-corrected chi connectivity index (χ3v) is 2.99. The summed E-state index contributed by atoms with van der Waals surface area (Å²) in [6, 6.07) is 18.2. The predicted octanol–water partition coefficient (Wildman–Crippen LogP) is 3.17. The molecule has 2 rings (SSSR count). The monoisotopic (exact) mass is 295 g/mol. The zero-order valence-corrected chi connectivity index (χ0v) is 12.1. The average molecular weight is 295 g/mol. The van der Waals surface area contributed by atoms with Crippen LogP contribution < -0.4 is 0 Å². The number of hydrogen-bond acceptors (Lipinski definition) is 4. The number of nitro groups is 1. The maximum atomic E-state index is 11.0. The standard InChI is InChI=1S/C17H17N3O2/c21-20(22)17(13-18-11-15-7-3-1-4-8-15)14-19-12-16-9-5-2-6-10-16/h1-10,13-14,17H,11-12H2/b18-13+,19-14?. The van der Waals surface area contributed by atoms with Crippen LogP contribution in [0.3, 0.4) is 0 Å². The van der Waals surface area contributed by atoms with Gasteiger partial charge < -0.3 is 0 Å². The van der Waals surface area contributed by atoms with Crippen LogP contribution in [-0.2, 0) is 13.1 Å². The van der Waals surface area contributed by atoms with E-state index in [1.807, 2.05) is 60.7 Å². The van der Waals surface area contributed by atoms with Gasteiger partial charge in [0.1, 0.15) is 0 Å². The van der Waals surface area contributed by atoms with Crippen LogP contribution in [0.25, 0.3) is 0 Å². The fraction of sp³-hybridized carbons (Fsp3) is 0.176. The minimum absolute atomic E-state index is 0.400. The fourth-order valence-electron chi connectivity index (χ4n) is 1.85. The lowest BCUT2D eigenvalue weighted by Crippen LogP contribution is -2.22. The van der Waals surface area contributed by atoms with Gasteiger partial charge in [0.2, 0.25) is 0 Å². The number of benzene rings is 2. The summed E-state index contributed by atoms with van der Waals surface area (Å²) in [5, 5.41) is 11.0. The van der Waals surface area contributed by atoms with E-state index in [1.54, 1.807) is 0 Å². The Hall–Kier alpha value is -2.82. The smallest absolute Gasteiger partial charge is 0.282 e. The first kappa shape index (κ1) is 15.6. The van der Waals surface area contributed by atoms with Crippen LogP contribution in [-0.4, -0.2) is 23.4 Å². The number of aliphatic imine (C=N–C) groups is 2. The quantitative estimate of drug-likeness (QED) is 0.447. The lowest BCUT2D eigenvalue weighted by molar-refractivity contribution is -0.482. The van der Waals surface area contributed by atoms with Crippen molar-refractivity contribution in [3.05, 3.63) is 81.9 Å². The van der Waals surface area contributed by atoms with E-state index >= 15 is 0 Å². The first-order chi connectivity index (χ1) is 10.8. The molecule has 0 saturated heterocycles.